The van der Waals surface area contributed by atoms with Gasteiger partial charge in [-0.3, -0.25) is 14.2 Å². The summed E-state index contributed by atoms with van der Waals surface area (Å²) in [5, 5.41) is 7.86. The Morgan fingerprint density at radius 3 is 1.56 bits per heavy atom. The highest BCUT2D eigenvalue weighted by atomic mass is 19.1. The molecule has 2 unspecified atom stereocenters. The van der Waals surface area contributed by atoms with Crippen molar-refractivity contribution in [1.29, 1.82) is 0 Å². The highest BCUT2D eigenvalue weighted by molar-refractivity contribution is 5.91. The number of rotatable bonds is 8. The Kier molecular flexibility index (Phi) is 6.06. The number of Topliss-reactive ketones (excluding diaryl/α,β-unsaturated/α-hetero) is 1. The fourth-order valence-corrected chi connectivity index (χ4v) is 3.52. The SMILES string of the molecule is O=C(C(Cn1cncn1)c1cc(F)ccc1F)C(Cn1cncn1)c1cc(F)ccc1F. The van der Waals surface area contributed by atoms with Crippen LogP contribution in [-0.4, -0.2) is 35.3 Å². The van der Waals surface area contributed by atoms with Gasteiger partial charge >= 0.3 is 0 Å². The number of hydrogen-bond acceptors (Lipinski definition) is 5. The quantitative estimate of drug-likeness (QED) is 0.390. The van der Waals surface area contributed by atoms with Crippen LogP contribution in [0.4, 0.5) is 17.6 Å². The Bertz CT molecular complexity index is 1120. The van der Waals surface area contributed by atoms with Gasteiger partial charge in [0, 0.05) is 11.1 Å². The first-order chi connectivity index (χ1) is 15.4. The molecular weight excluding hydrogens is 428 g/mol. The molecule has 2 aromatic carbocycles. The monoisotopic (exact) mass is 444 g/mol. The number of carbonyl (C=O) groups is 1. The molecule has 0 aliphatic carbocycles. The van der Waals surface area contributed by atoms with Gasteiger partial charge in [-0.25, -0.2) is 27.5 Å². The van der Waals surface area contributed by atoms with E-state index < -0.39 is 40.9 Å². The summed E-state index contributed by atoms with van der Waals surface area (Å²) < 4.78 is 59.8. The van der Waals surface area contributed by atoms with E-state index in [-0.39, 0.29) is 24.2 Å². The summed E-state index contributed by atoms with van der Waals surface area (Å²) in [5.41, 5.74) is -0.461. The molecule has 0 saturated heterocycles. The van der Waals surface area contributed by atoms with Crippen LogP contribution in [0.2, 0.25) is 0 Å². The summed E-state index contributed by atoms with van der Waals surface area (Å²) in [7, 11) is 0. The van der Waals surface area contributed by atoms with Gasteiger partial charge in [-0.1, -0.05) is 0 Å². The number of carbonyl (C=O) groups excluding carboxylic acids is 1. The predicted molar refractivity (Wildman–Crippen MR) is 103 cm³/mol. The Hall–Kier alpha value is -3.89. The normalized spacial score (nSPS) is 13.1. The Balaban J connectivity index is 1.81. The van der Waals surface area contributed by atoms with Crippen molar-refractivity contribution in [2.45, 2.75) is 24.9 Å². The molecule has 0 aliphatic rings. The average Bonchev–Trinajstić information content (AvgIpc) is 3.48. The van der Waals surface area contributed by atoms with E-state index in [9.17, 15) is 22.4 Å². The molecule has 0 bridgehead atoms. The standard InChI is InChI=1S/C21H16F4N6O/c22-13-1-3-19(24)15(5-13)17(7-30-11-26-9-28-30)21(32)18(8-31-12-27-10-29-31)16-6-14(23)2-4-20(16)25/h1-6,9-12,17-18H,7-8H2. The molecule has 2 atom stereocenters. The van der Waals surface area contributed by atoms with E-state index in [1.54, 1.807) is 0 Å². The summed E-state index contributed by atoms with van der Waals surface area (Å²) in [5.74, 6) is -6.35. The molecule has 0 N–H and O–H groups in total. The van der Waals surface area contributed by atoms with Crippen LogP contribution < -0.4 is 0 Å². The van der Waals surface area contributed by atoms with Crippen molar-refractivity contribution in [2.24, 2.45) is 0 Å². The molecule has 0 radical (unpaired) electrons. The zero-order valence-corrected chi connectivity index (χ0v) is 16.4. The molecule has 0 spiro atoms. The maximum atomic E-state index is 14.7. The number of hydrogen-bond donors (Lipinski definition) is 0. The van der Waals surface area contributed by atoms with Gasteiger partial charge in [0.1, 0.15) is 48.6 Å². The topological polar surface area (TPSA) is 78.5 Å². The van der Waals surface area contributed by atoms with Crippen molar-refractivity contribution < 1.29 is 22.4 Å². The lowest BCUT2D eigenvalue weighted by Gasteiger charge is -2.24. The lowest BCUT2D eigenvalue weighted by atomic mass is 9.83. The summed E-state index contributed by atoms with van der Waals surface area (Å²) in [4.78, 5) is 21.3. The Labute approximate surface area is 179 Å². The minimum absolute atomic E-state index is 0.190. The first-order valence-electron chi connectivity index (χ1n) is 9.51. The van der Waals surface area contributed by atoms with Crippen molar-refractivity contribution in [1.82, 2.24) is 29.5 Å². The van der Waals surface area contributed by atoms with Crippen LogP contribution in [0.25, 0.3) is 0 Å². The second-order valence-electron chi connectivity index (χ2n) is 7.07. The van der Waals surface area contributed by atoms with E-state index in [4.69, 9.17) is 0 Å². The molecular formula is C21H16F4N6O. The Morgan fingerprint density at radius 1 is 0.750 bits per heavy atom. The van der Waals surface area contributed by atoms with Gasteiger partial charge in [-0.05, 0) is 36.4 Å². The van der Waals surface area contributed by atoms with Crippen LogP contribution in [-0.2, 0) is 17.9 Å². The third kappa shape index (κ3) is 4.56. The van der Waals surface area contributed by atoms with Gasteiger partial charge in [0.05, 0.1) is 24.9 Å². The number of ketones is 1. The van der Waals surface area contributed by atoms with E-state index in [2.05, 4.69) is 20.2 Å². The largest absolute Gasteiger partial charge is 0.298 e. The molecule has 7 nitrogen and oxygen atoms in total. The fourth-order valence-electron chi connectivity index (χ4n) is 3.52. The number of halogens is 4. The maximum Gasteiger partial charge on any atom is 0.151 e. The minimum atomic E-state index is -1.27. The highest BCUT2D eigenvalue weighted by Crippen LogP contribution is 2.32. The molecule has 4 rings (SSSR count). The van der Waals surface area contributed by atoms with Crippen LogP contribution in [0, 0.1) is 23.3 Å². The second kappa shape index (κ2) is 9.08. The zero-order chi connectivity index (χ0) is 22.7. The predicted octanol–water partition coefficient (Wildman–Crippen LogP) is 3.26. The fraction of sp³-hybridized carbons (Fsp3) is 0.190. The summed E-state index contributed by atoms with van der Waals surface area (Å²) in [6.45, 7) is -0.381. The molecule has 2 aromatic heterocycles. The molecule has 164 valence electrons. The molecule has 0 saturated carbocycles. The maximum absolute atomic E-state index is 14.7. The molecule has 0 amide bonds. The number of nitrogens with zero attached hydrogens (tertiary/aromatic N) is 6. The lowest BCUT2D eigenvalue weighted by molar-refractivity contribution is -0.122. The zero-order valence-electron chi connectivity index (χ0n) is 16.4. The smallest absolute Gasteiger partial charge is 0.151 e. The van der Waals surface area contributed by atoms with Crippen LogP contribution >= 0.6 is 0 Å². The van der Waals surface area contributed by atoms with E-state index in [1.807, 2.05) is 0 Å². The van der Waals surface area contributed by atoms with Crippen LogP contribution in [0.3, 0.4) is 0 Å². The third-order valence-electron chi connectivity index (χ3n) is 5.03. The van der Waals surface area contributed by atoms with E-state index in [0.29, 0.717) is 0 Å². The summed E-state index contributed by atoms with van der Waals surface area (Å²) in [6.07, 6.45) is 5.07. The summed E-state index contributed by atoms with van der Waals surface area (Å²) in [6, 6.07) is 5.47. The average molecular weight is 444 g/mol. The minimum Gasteiger partial charge on any atom is -0.298 e. The first-order valence-corrected chi connectivity index (χ1v) is 9.51. The van der Waals surface area contributed by atoms with Crippen molar-refractivity contribution >= 4 is 5.78 Å². The van der Waals surface area contributed by atoms with E-state index in [1.165, 1.54) is 34.7 Å². The van der Waals surface area contributed by atoms with Gasteiger partial charge in [0.2, 0.25) is 0 Å². The lowest BCUT2D eigenvalue weighted by Crippen LogP contribution is -2.29. The molecule has 32 heavy (non-hydrogen) atoms. The van der Waals surface area contributed by atoms with Gasteiger partial charge in [0.25, 0.3) is 0 Å². The van der Waals surface area contributed by atoms with Crippen molar-refractivity contribution in [3.8, 4) is 0 Å². The Morgan fingerprint density at radius 2 is 1.19 bits per heavy atom. The van der Waals surface area contributed by atoms with Crippen molar-refractivity contribution in [3.63, 3.8) is 0 Å². The van der Waals surface area contributed by atoms with Gasteiger partial charge in [0.15, 0.2) is 5.78 Å². The molecule has 2 heterocycles. The van der Waals surface area contributed by atoms with Crippen LogP contribution in [0.5, 0.6) is 0 Å². The summed E-state index contributed by atoms with van der Waals surface area (Å²) >= 11 is 0. The highest BCUT2D eigenvalue weighted by Gasteiger charge is 2.34. The molecule has 0 aliphatic heterocycles. The third-order valence-corrected chi connectivity index (χ3v) is 5.03. The van der Waals surface area contributed by atoms with Gasteiger partial charge in [-0.15, -0.1) is 0 Å². The van der Waals surface area contributed by atoms with E-state index >= 15 is 0 Å². The van der Waals surface area contributed by atoms with Crippen LogP contribution in [0.1, 0.15) is 23.0 Å². The molecule has 4 aromatic rings. The molecule has 11 heteroatoms. The van der Waals surface area contributed by atoms with Crippen LogP contribution in [0.15, 0.2) is 61.7 Å². The van der Waals surface area contributed by atoms with Crippen molar-refractivity contribution in [3.05, 3.63) is 96.1 Å². The van der Waals surface area contributed by atoms with Gasteiger partial charge in [-0.2, -0.15) is 10.2 Å². The molecule has 0 fully saturated rings. The number of aromatic nitrogens is 6. The number of benzene rings is 2. The van der Waals surface area contributed by atoms with Crippen molar-refractivity contribution in [2.75, 3.05) is 0 Å². The first kappa shape index (κ1) is 21.3. The second-order valence-corrected chi connectivity index (χ2v) is 7.07. The van der Waals surface area contributed by atoms with Gasteiger partial charge < -0.3 is 0 Å². The van der Waals surface area contributed by atoms with E-state index in [0.717, 1.165) is 36.4 Å².